The van der Waals surface area contributed by atoms with E-state index in [9.17, 15) is 9.90 Å². The van der Waals surface area contributed by atoms with Gasteiger partial charge in [-0.25, -0.2) is 0 Å². The molecule has 0 amide bonds. The minimum absolute atomic E-state index is 0.0749. The van der Waals surface area contributed by atoms with Crippen molar-refractivity contribution in [3.8, 4) is 0 Å². The van der Waals surface area contributed by atoms with Gasteiger partial charge in [0.15, 0.2) is 12.3 Å². The molecule has 4 heteroatoms. The number of allylic oxidation sites excluding steroid dienone is 18. The minimum atomic E-state index is -0.755. The smallest absolute Gasteiger partial charge is 0.309 e. The lowest BCUT2D eigenvalue weighted by Crippen LogP contribution is -2.26. The van der Waals surface area contributed by atoms with E-state index in [1.165, 1.54) is 51.5 Å². The normalized spacial score (nSPS) is 27.7. The van der Waals surface area contributed by atoms with Gasteiger partial charge in [0.25, 0.3) is 0 Å². The highest BCUT2D eigenvalue weighted by atomic mass is 16.4. The van der Waals surface area contributed by atoms with Crippen LogP contribution in [0.4, 0.5) is 0 Å². The van der Waals surface area contributed by atoms with E-state index < -0.39 is 5.97 Å². The number of nitrogens with zero attached hydrogens (tertiary/aromatic N) is 2. The Morgan fingerprint density at radius 3 is 2.65 bits per heavy atom. The third kappa shape index (κ3) is 5.03. The van der Waals surface area contributed by atoms with Crippen molar-refractivity contribution in [2.45, 2.75) is 73.1 Å². The van der Waals surface area contributed by atoms with E-state index in [1.807, 2.05) is 0 Å². The molecule has 0 radical (unpaired) electrons. The van der Waals surface area contributed by atoms with E-state index >= 15 is 0 Å². The van der Waals surface area contributed by atoms with Crippen LogP contribution in [0.15, 0.2) is 118 Å². The van der Waals surface area contributed by atoms with Crippen LogP contribution in [-0.2, 0) is 4.79 Å². The molecule has 43 heavy (non-hydrogen) atoms. The molecule has 1 N–H and O–H groups in total. The predicted molar refractivity (Wildman–Crippen MR) is 176 cm³/mol. The number of hydrogen-bond donors (Lipinski definition) is 1. The number of hydrogen-bond acceptors (Lipinski definition) is 2. The van der Waals surface area contributed by atoms with Crippen LogP contribution in [0.5, 0.6) is 0 Å². The Morgan fingerprint density at radius 2 is 1.86 bits per heavy atom. The van der Waals surface area contributed by atoms with E-state index in [2.05, 4.69) is 123 Å². The molecule has 2 unspecified atom stereocenters. The molecule has 224 valence electrons. The van der Waals surface area contributed by atoms with Crippen molar-refractivity contribution in [2.75, 3.05) is 13.1 Å². The molecule has 2 atom stereocenters. The molecule has 2 aliphatic heterocycles. The zero-order valence-electron chi connectivity index (χ0n) is 26.6. The second-order valence-corrected chi connectivity index (χ2v) is 13.7. The number of likely N-dealkylation sites (tertiary alicyclic amines) is 1. The van der Waals surface area contributed by atoms with Crippen molar-refractivity contribution >= 4 is 11.7 Å². The maximum atomic E-state index is 11.6. The molecule has 0 saturated carbocycles. The molecule has 0 aromatic carbocycles. The van der Waals surface area contributed by atoms with Crippen LogP contribution < -0.4 is 0 Å². The van der Waals surface area contributed by atoms with Gasteiger partial charge in [-0.15, -0.1) is 0 Å². The highest BCUT2D eigenvalue weighted by molar-refractivity contribution is 6.01. The zero-order chi connectivity index (χ0) is 30.4. The molecule has 1 fully saturated rings. The number of carboxylic acids is 1. The second kappa shape index (κ2) is 11.4. The molecular formula is C39H47N2O2+. The van der Waals surface area contributed by atoms with Crippen molar-refractivity contribution < 1.29 is 14.5 Å². The summed E-state index contributed by atoms with van der Waals surface area (Å²) >= 11 is 0. The van der Waals surface area contributed by atoms with Crippen LogP contribution in [0.1, 0.15) is 73.1 Å². The van der Waals surface area contributed by atoms with Crippen molar-refractivity contribution in [1.29, 1.82) is 0 Å². The molecule has 0 bridgehead atoms. The quantitative estimate of drug-likeness (QED) is 0.233. The van der Waals surface area contributed by atoms with Gasteiger partial charge >= 0.3 is 5.97 Å². The lowest BCUT2D eigenvalue weighted by atomic mass is 9.71. The van der Waals surface area contributed by atoms with E-state index in [0.29, 0.717) is 18.4 Å². The van der Waals surface area contributed by atoms with Gasteiger partial charge in [-0.2, -0.15) is 4.58 Å². The molecule has 0 aromatic rings. The molecule has 6 aliphatic rings. The molecule has 2 heterocycles. The fourth-order valence-electron chi connectivity index (χ4n) is 8.29. The van der Waals surface area contributed by atoms with Crippen LogP contribution in [-0.4, -0.2) is 39.4 Å². The summed E-state index contributed by atoms with van der Waals surface area (Å²) in [5, 5.41) is 9.53. The maximum absolute atomic E-state index is 11.6. The van der Waals surface area contributed by atoms with E-state index in [0.717, 1.165) is 32.2 Å². The number of carbonyl (C=O) groups is 1. The standard InChI is InChI=1S/C39H46N2O2/c1-6-25-40-31-22-20-27-14-10-12-16-29(27)36(31)38(2,3)33(40)18-8-7-9-19-34-39(4,5)37-30-17-13-11-15-28(30)21-23-32(37)41(34)26-24-35(42)43/h7-10,12-14,16-19,22-23,27-28H,6,11,15,20-21,24-26H2,1-5H3/p+1. The third-order valence-corrected chi connectivity index (χ3v) is 10.2. The molecule has 4 aliphatic carbocycles. The third-order valence-electron chi connectivity index (χ3n) is 10.2. The molecule has 1 saturated heterocycles. The second-order valence-electron chi connectivity index (χ2n) is 13.7. The first-order valence-corrected chi connectivity index (χ1v) is 16.3. The summed E-state index contributed by atoms with van der Waals surface area (Å²) in [6.07, 6.45) is 35.1. The van der Waals surface area contributed by atoms with Gasteiger partial charge in [-0.05, 0) is 80.7 Å². The van der Waals surface area contributed by atoms with Gasteiger partial charge in [-0.1, -0.05) is 81.5 Å². The van der Waals surface area contributed by atoms with Crippen molar-refractivity contribution in [2.24, 2.45) is 22.7 Å². The highest BCUT2D eigenvalue weighted by Crippen LogP contribution is 2.55. The number of aliphatic carboxylic acids is 1. The molecular weight excluding hydrogens is 528 g/mol. The lowest BCUT2D eigenvalue weighted by Gasteiger charge is -2.29. The van der Waals surface area contributed by atoms with E-state index in [1.54, 1.807) is 0 Å². The Labute approximate surface area is 257 Å². The molecule has 4 nitrogen and oxygen atoms in total. The number of fused-ring (bicyclic) bond motifs is 4. The largest absolute Gasteiger partial charge is 0.481 e. The Balaban J connectivity index is 1.33. The zero-order valence-corrected chi connectivity index (χ0v) is 26.6. The Morgan fingerprint density at radius 1 is 1.02 bits per heavy atom. The summed E-state index contributed by atoms with van der Waals surface area (Å²) in [6, 6.07) is 0. The van der Waals surface area contributed by atoms with Gasteiger partial charge < -0.3 is 10.0 Å². The number of carboxylic acid groups (broad SMARTS) is 1. The predicted octanol–water partition coefficient (Wildman–Crippen LogP) is 8.58. The monoisotopic (exact) mass is 575 g/mol. The molecule has 6 rings (SSSR count). The van der Waals surface area contributed by atoms with Crippen LogP contribution in [0.2, 0.25) is 0 Å². The van der Waals surface area contributed by atoms with Gasteiger partial charge in [0.2, 0.25) is 5.70 Å². The first-order valence-electron chi connectivity index (χ1n) is 16.3. The fourth-order valence-corrected chi connectivity index (χ4v) is 8.29. The van der Waals surface area contributed by atoms with Crippen molar-refractivity contribution in [3.05, 3.63) is 118 Å². The summed E-state index contributed by atoms with van der Waals surface area (Å²) in [6.45, 7) is 13.1. The van der Waals surface area contributed by atoms with Crippen LogP contribution in [0.3, 0.4) is 0 Å². The van der Waals surface area contributed by atoms with Gasteiger partial charge in [0.1, 0.15) is 6.42 Å². The average Bonchev–Trinajstić information content (AvgIpc) is 3.34. The fraction of sp³-hybridized carbons (Fsp3) is 0.436. The Kier molecular flexibility index (Phi) is 7.83. The SMILES string of the molecule is CCCN1C2=CCC3C=CC=CC3=C2C(C)(C)\C1=C/C=C/C=C/C1=[N+](CCC(=O)O)C2=CCC3CCC=CC3=C2C1(C)C. The topological polar surface area (TPSA) is 43.5 Å². The maximum Gasteiger partial charge on any atom is 0.309 e. The van der Waals surface area contributed by atoms with Crippen LogP contribution in [0, 0.1) is 22.7 Å². The summed E-state index contributed by atoms with van der Waals surface area (Å²) < 4.78 is 2.27. The summed E-state index contributed by atoms with van der Waals surface area (Å²) in [7, 11) is 0. The first-order chi connectivity index (χ1) is 20.7. The van der Waals surface area contributed by atoms with Gasteiger partial charge in [0.05, 0.1) is 5.41 Å². The molecule has 0 aromatic heterocycles. The Hall–Kier alpha value is -3.66. The summed E-state index contributed by atoms with van der Waals surface area (Å²) in [5.41, 5.74) is 10.7. The lowest BCUT2D eigenvalue weighted by molar-refractivity contribution is -0.467. The van der Waals surface area contributed by atoms with E-state index in [-0.39, 0.29) is 17.3 Å². The van der Waals surface area contributed by atoms with E-state index in [4.69, 9.17) is 0 Å². The van der Waals surface area contributed by atoms with Crippen molar-refractivity contribution in [3.63, 3.8) is 0 Å². The first kappa shape index (κ1) is 29.4. The van der Waals surface area contributed by atoms with Crippen molar-refractivity contribution in [1.82, 2.24) is 4.90 Å². The Bertz CT molecular complexity index is 1560. The van der Waals surface area contributed by atoms with Crippen LogP contribution >= 0.6 is 0 Å². The van der Waals surface area contributed by atoms with Gasteiger partial charge in [0, 0.05) is 40.9 Å². The minimum Gasteiger partial charge on any atom is -0.481 e. The van der Waals surface area contributed by atoms with Crippen LogP contribution in [0.25, 0.3) is 0 Å². The average molecular weight is 576 g/mol. The molecule has 0 spiro atoms. The van der Waals surface area contributed by atoms with Gasteiger partial charge in [-0.3, -0.25) is 4.79 Å². The number of rotatable bonds is 8. The highest BCUT2D eigenvalue weighted by Gasteiger charge is 2.50. The summed E-state index contributed by atoms with van der Waals surface area (Å²) in [4.78, 5) is 14.1. The summed E-state index contributed by atoms with van der Waals surface area (Å²) in [5.74, 6) is 0.300.